The van der Waals surface area contributed by atoms with E-state index < -0.39 is 0 Å². The van der Waals surface area contributed by atoms with Crippen LogP contribution in [-0.2, 0) is 7.05 Å². The number of hydrogen-bond donors (Lipinski definition) is 2. The van der Waals surface area contributed by atoms with E-state index in [0.29, 0.717) is 23.6 Å². The van der Waals surface area contributed by atoms with Gasteiger partial charge in [-0.15, -0.1) is 0 Å². The average molecular weight is 270 g/mol. The summed E-state index contributed by atoms with van der Waals surface area (Å²) in [6, 6.07) is 5.17. The highest BCUT2D eigenvalue weighted by Crippen LogP contribution is 2.06. The molecule has 0 unspecified atom stereocenters. The molecule has 0 spiro atoms. The van der Waals surface area contributed by atoms with Crippen molar-refractivity contribution in [2.24, 2.45) is 7.05 Å². The number of imidazole rings is 1. The second-order valence-corrected chi connectivity index (χ2v) is 4.06. The molecule has 0 aliphatic carbocycles. The van der Waals surface area contributed by atoms with Crippen LogP contribution in [0.25, 0.3) is 0 Å². The molecule has 0 bridgehead atoms. The molecule has 0 aliphatic rings. The lowest BCUT2D eigenvalue weighted by atomic mass is 10.3. The van der Waals surface area contributed by atoms with E-state index in [0.717, 1.165) is 0 Å². The summed E-state index contributed by atoms with van der Waals surface area (Å²) in [5, 5.41) is 11.3. The van der Waals surface area contributed by atoms with E-state index in [1.165, 1.54) is 0 Å². The number of nitrogens with one attached hydrogen (secondary N) is 1. The van der Waals surface area contributed by atoms with Crippen molar-refractivity contribution in [2.45, 2.75) is 6.42 Å². The van der Waals surface area contributed by atoms with Crippen LogP contribution in [0, 0.1) is 11.8 Å². The zero-order valence-electron chi connectivity index (χ0n) is 11.0. The molecule has 0 aromatic carbocycles. The van der Waals surface area contributed by atoms with Gasteiger partial charge in [-0.1, -0.05) is 12.0 Å². The van der Waals surface area contributed by atoms with Gasteiger partial charge in [0, 0.05) is 19.7 Å². The predicted molar refractivity (Wildman–Crippen MR) is 74.0 cm³/mol. The minimum atomic E-state index is -0.321. The number of nitrogens with zero attached hydrogens (tertiary/aromatic N) is 3. The molecule has 102 valence electrons. The number of carbonyl (C=O) groups excluding carboxylic acids is 1. The highest BCUT2D eigenvalue weighted by atomic mass is 16.2. The summed E-state index contributed by atoms with van der Waals surface area (Å²) in [5.74, 6) is 5.68. The number of amides is 1. The van der Waals surface area contributed by atoms with Gasteiger partial charge in [0.05, 0.1) is 12.9 Å². The van der Waals surface area contributed by atoms with E-state index in [1.807, 2.05) is 0 Å². The van der Waals surface area contributed by atoms with E-state index in [1.54, 1.807) is 42.3 Å². The summed E-state index contributed by atoms with van der Waals surface area (Å²) in [6.45, 7) is 0.0170. The molecule has 2 rings (SSSR count). The zero-order valence-corrected chi connectivity index (χ0v) is 11.0. The lowest BCUT2D eigenvalue weighted by molar-refractivity contribution is 0.102. The lowest BCUT2D eigenvalue weighted by Crippen LogP contribution is -2.13. The Kier molecular flexibility index (Phi) is 4.47. The minimum absolute atomic E-state index is 0.0170. The number of aliphatic hydroxyl groups excluding tert-OH is 1. The number of anilines is 1. The first-order valence-electron chi connectivity index (χ1n) is 6.05. The van der Waals surface area contributed by atoms with Crippen LogP contribution in [0.3, 0.4) is 0 Å². The fourth-order valence-corrected chi connectivity index (χ4v) is 1.49. The molecule has 0 saturated carbocycles. The third kappa shape index (κ3) is 3.67. The topological polar surface area (TPSA) is 80.0 Å². The van der Waals surface area contributed by atoms with Crippen molar-refractivity contribution in [3.8, 4) is 11.8 Å². The van der Waals surface area contributed by atoms with Crippen LogP contribution in [0.15, 0.2) is 30.7 Å². The van der Waals surface area contributed by atoms with Crippen molar-refractivity contribution in [3.05, 3.63) is 42.1 Å². The Hall–Kier alpha value is -2.65. The van der Waals surface area contributed by atoms with Crippen LogP contribution < -0.4 is 5.32 Å². The molecular formula is C14H14N4O2. The van der Waals surface area contributed by atoms with E-state index >= 15 is 0 Å². The fraction of sp³-hybridized carbons (Fsp3) is 0.214. The molecule has 2 aromatic rings. The standard InChI is InChI=1S/C14H14N4O2/c1-18-9-12(15-10-18)14(20)17-13-7-4-6-11(16-13)5-2-3-8-19/h4,6-7,9-10,19H,3,8H2,1H3,(H,16,17,20). The van der Waals surface area contributed by atoms with E-state index in [-0.39, 0.29) is 12.5 Å². The molecule has 2 N–H and O–H groups in total. The SMILES string of the molecule is Cn1cnc(C(=O)Nc2cccc(C#CCCO)n2)c1. The number of aryl methyl sites for hydroxylation is 1. The molecule has 6 heteroatoms. The first kappa shape index (κ1) is 13.8. The summed E-state index contributed by atoms with van der Waals surface area (Å²) in [6.07, 6.45) is 3.57. The number of aliphatic hydroxyl groups is 1. The van der Waals surface area contributed by atoms with Gasteiger partial charge in [-0.05, 0) is 18.1 Å². The van der Waals surface area contributed by atoms with Crippen molar-refractivity contribution in [3.63, 3.8) is 0 Å². The summed E-state index contributed by atoms with van der Waals surface area (Å²) < 4.78 is 1.69. The number of carbonyl (C=O) groups is 1. The molecule has 0 radical (unpaired) electrons. The Morgan fingerprint density at radius 2 is 2.35 bits per heavy atom. The summed E-state index contributed by atoms with van der Waals surface area (Å²) in [4.78, 5) is 20.1. The fourth-order valence-electron chi connectivity index (χ4n) is 1.49. The van der Waals surface area contributed by atoms with Gasteiger partial charge in [0.2, 0.25) is 0 Å². The Balaban J connectivity index is 2.08. The number of aromatic nitrogens is 3. The molecule has 6 nitrogen and oxygen atoms in total. The largest absolute Gasteiger partial charge is 0.395 e. The molecule has 1 amide bonds. The van der Waals surface area contributed by atoms with Crippen LogP contribution >= 0.6 is 0 Å². The third-order valence-electron chi connectivity index (χ3n) is 2.38. The normalized spacial score (nSPS) is 9.70. The monoisotopic (exact) mass is 270 g/mol. The second kappa shape index (κ2) is 6.50. The van der Waals surface area contributed by atoms with Gasteiger partial charge in [-0.3, -0.25) is 4.79 Å². The van der Waals surface area contributed by atoms with Gasteiger partial charge in [0.25, 0.3) is 5.91 Å². The average Bonchev–Trinajstić information content (AvgIpc) is 2.86. The van der Waals surface area contributed by atoms with E-state index in [4.69, 9.17) is 5.11 Å². The summed E-state index contributed by atoms with van der Waals surface area (Å²) >= 11 is 0. The van der Waals surface area contributed by atoms with Gasteiger partial charge in [0.15, 0.2) is 0 Å². The zero-order chi connectivity index (χ0) is 14.4. The highest BCUT2D eigenvalue weighted by molar-refractivity contribution is 6.02. The summed E-state index contributed by atoms with van der Waals surface area (Å²) in [7, 11) is 1.79. The van der Waals surface area contributed by atoms with Crippen molar-refractivity contribution in [1.82, 2.24) is 14.5 Å². The molecule has 0 atom stereocenters. The molecule has 20 heavy (non-hydrogen) atoms. The third-order valence-corrected chi connectivity index (χ3v) is 2.38. The molecule has 2 aromatic heterocycles. The number of rotatable bonds is 3. The Morgan fingerprint density at radius 3 is 3.05 bits per heavy atom. The first-order valence-corrected chi connectivity index (χ1v) is 6.05. The maximum absolute atomic E-state index is 11.9. The molecule has 0 aliphatic heterocycles. The molecular weight excluding hydrogens is 256 g/mol. The van der Waals surface area contributed by atoms with Gasteiger partial charge >= 0.3 is 0 Å². The molecule has 0 fully saturated rings. The van der Waals surface area contributed by atoms with Gasteiger partial charge in [-0.25, -0.2) is 9.97 Å². The molecule has 2 heterocycles. The predicted octanol–water partition coefficient (Wildman–Crippen LogP) is 0.801. The maximum atomic E-state index is 11.9. The Labute approximate surface area is 116 Å². The lowest BCUT2D eigenvalue weighted by Gasteiger charge is -2.02. The van der Waals surface area contributed by atoms with Gasteiger partial charge < -0.3 is 15.0 Å². The van der Waals surface area contributed by atoms with Crippen LogP contribution in [0.1, 0.15) is 22.6 Å². The highest BCUT2D eigenvalue weighted by Gasteiger charge is 2.09. The molecule has 0 saturated heterocycles. The Bertz CT molecular complexity index is 667. The van der Waals surface area contributed by atoms with Crippen LogP contribution in [0.4, 0.5) is 5.82 Å². The van der Waals surface area contributed by atoms with Crippen molar-refractivity contribution < 1.29 is 9.90 Å². The second-order valence-electron chi connectivity index (χ2n) is 4.06. The van der Waals surface area contributed by atoms with E-state index in [9.17, 15) is 4.79 Å². The van der Waals surface area contributed by atoms with Gasteiger partial charge in [-0.2, -0.15) is 0 Å². The van der Waals surface area contributed by atoms with Crippen molar-refractivity contribution in [1.29, 1.82) is 0 Å². The number of pyridine rings is 1. The van der Waals surface area contributed by atoms with Crippen LogP contribution in [-0.4, -0.2) is 32.2 Å². The Morgan fingerprint density at radius 1 is 1.50 bits per heavy atom. The number of hydrogen-bond acceptors (Lipinski definition) is 4. The maximum Gasteiger partial charge on any atom is 0.276 e. The minimum Gasteiger partial charge on any atom is -0.395 e. The van der Waals surface area contributed by atoms with Crippen LogP contribution in [0.5, 0.6) is 0 Å². The van der Waals surface area contributed by atoms with Crippen LogP contribution in [0.2, 0.25) is 0 Å². The summed E-state index contributed by atoms with van der Waals surface area (Å²) in [5.41, 5.74) is 0.864. The van der Waals surface area contributed by atoms with Crippen molar-refractivity contribution >= 4 is 11.7 Å². The quantitative estimate of drug-likeness (QED) is 0.808. The first-order chi connectivity index (χ1) is 9.69. The van der Waals surface area contributed by atoms with Crippen molar-refractivity contribution in [2.75, 3.05) is 11.9 Å². The van der Waals surface area contributed by atoms with Gasteiger partial charge in [0.1, 0.15) is 17.2 Å². The van der Waals surface area contributed by atoms with E-state index in [2.05, 4.69) is 27.1 Å². The smallest absolute Gasteiger partial charge is 0.276 e.